The zero-order chi connectivity index (χ0) is 10.7. The molecule has 0 saturated carbocycles. The molecule has 1 N–H and O–H groups in total. The zero-order valence-electron chi connectivity index (χ0n) is 7.95. The van der Waals surface area contributed by atoms with Gasteiger partial charge in [-0.1, -0.05) is 15.9 Å². The smallest absolute Gasteiger partial charge is 0.342 e. The van der Waals surface area contributed by atoms with Gasteiger partial charge < -0.3 is 9.84 Å². The molecule has 3 nitrogen and oxygen atoms in total. The lowest BCUT2D eigenvalue weighted by molar-refractivity contribution is 0.0374. The molecule has 0 radical (unpaired) electrons. The van der Waals surface area contributed by atoms with E-state index in [1.54, 1.807) is 19.9 Å². The molecule has 4 heteroatoms. The number of ether oxygens (including phenoxy) is 1. The van der Waals surface area contributed by atoms with Crippen LogP contribution in [0.5, 0.6) is 5.75 Å². The van der Waals surface area contributed by atoms with Crippen molar-refractivity contribution in [1.29, 1.82) is 0 Å². The number of hydrogen-bond acceptors (Lipinski definition) is 3. The van der Waals surface area contributed by atoms with Crippen molar-refractivity contribution >= 4 is 21.9 Å². The van der Waals surface area contributed by atoms with E-state index < -0.39 is 5.97 Å². The lowest BCUT2D eigenvalue weighted by Crippen LogP contribution is -2.11. The first-order chi connectivity index (χ1) is 6.50. The lowest BCUT2D eigenvalue weighted by atomic mass is 10.2. The molecule has 14 heavy (non-hydrogen) atoms. The van der Waals surface area contributed by atoms with Gasteiger partial charge in [0.15, 0.2) is 0 Å². The van der Waals surface area contributed by atoms with E-state index in [9.17, 15) is 9.90 Å². The fourth-order valence-electron chi connectivity index (χ4n) is 0.949. The van der Waals surface area contributed by atoms with Crippen molar-refractivity contribution in [2.24, 2.45) is 0 Å². The number of benzene rings is 1. The standard InChI is InChI=1S/C10H11BrO3/c1-6(2)14-10(13)8-5-7(11)3-4-9(8)12/h3-6,12H,1-2H3. The summed E-state index contributed by atoms with van der Waals surface area (Å²) in [4.78, 5) is 11.4. The Bertz CT molecular complexity index is 347. The van der Waals surface area contributed by atoms with Gasteiger partial charge in [-0.15, -0.1) is 0 Å². The van der Waals surface area contributed by atoms with Gasteiger partial charge in [0, 0.05) is 4.47 Å². The second-order valence-corrected chi connectivity index (χ2v) is 4.03. The minimum Gasteiger partial charge on any atom is -0.507 e. The van der Waals surface area contributed by atoms with Gasteiger partial charge in [-0.3, -0.25) is 0 Å². The fourth-order valence-corrected chi connectivity index (χ4v) is 1.31. The van der Waals surface area contributed by atoms with Crippen molar-refractivity contribution < 1.29 is 14.6 Å². The van der Waals surface area contributed by atoms with Gasteiger partial charge in [-0.05, 0) is 32.0 Å². The predicted octanol–water partition coefficient (Wildman–Crippen LogP) is 2.72. The number of esters is 1. The molecule has 0 aliphatic rings. The van der Waals surface area contributed by atoms with Crippen LogP contribution in [0.3, 0.4) is 0 Å². The van der Waals surface area contributed by atoms with Crippen LogP contribution in [0.2, 0.25) is 0 Å². The molecule has 0 amide bonds. The van der Waals surface area contributed by atoms with Crippen molar-refractivity contribution in [3.63, 3.8) is 0 Å². The molecule has 0 atom stereocenters. The monoisotopic (exact) mass is 258 g/mol. The Labute approximate surface area is 90.8 Å². The van der Waals surface area contributed by atoms with E-state index in [1.807, 2.05) is 0 Å². The van der Waals surface area contributed by atoms with E-state index in [0.29, 0.717) is 0 Å². The molecule has 1 rings (SSSR count). The summed E-state index contributed by atoms with van der Waals surface area (Å²) >= 11 is 3.21. The Morgan fingerprint density at radius 1 is 1.50 bits per heavy atom. The molecular formula is C10H11BrO3. The van der Waals surface area contributed by atoms with Crippen LogP contribution in [-0.4, -0.2) is 17.2 Å². The van der Waals surface area contributed by atoms with Gasteiger partial charge in [0.1, 0.15) is 11.3 Å². The van der Waals surface area contributed by atoms with Gasteiger partial charge in [0.05, 0.1) is 6.10 Å². The Morgan fingerprint density at radius 3 is 2.71 bits per heavy atom. The third-order valence-electron chi connectivity index (χ3n) is 1.52. The molecule has 0 aliphatic heterocycles. The summed E-state index contributed by atoms with van der Waals surface area (Å²) in [5, 5.41) is 9.40. The minimum atomic E-state index is -0.515. The Balaban J connectivity index is 2.94. The van der Waals surface area contributed by atoms with E-state index in [0.717, 1.165) is 4.47 Å². The molecule has 0 aromatic heterocycles. The molecule has 1 aromatic rings. The molecule has 0 aliphatic carbocycles. The molecule has 0 spiro atoms. The Morgan fingerprint density at radius 2 is 2.14 bits per heavy atom. The molecular weight excluding hydrogens is 248 g/mol. The first kappa shape index (κ1) is 11.0. The van der Waals surface area contributed by atoms with Crippen molar-refractivity contribution in [1.82, 2.24) is 0 Å². The van der Waals surface area contributed by atoms with Crippen LogP contribution in [-0.2, 0) is 4.74 Å². The number of rotatable bonds is 2. The van der Waals surface area contributed by atoms with E-state index in [2.05, 4.69) is 15.9 Å². The van der Waals surface area contributed by atoms with Crippen molar-refractivity contribution in [2.45, 2.75) is 20.0 Å². The van der Waals surface area contributed by atoms with Gasteiger partial charge in [-0.2, -0.15) is 0 Å². The molecule has 0 fully saturated rings. The summed E-state index contributed by atoms with van der Waals surface area (Å²) < 4.78 is 5.68. The molecule has 76 valence electrons. The van der Waals surface area contributed by atoms with Gasteiger partial charge in [0.2, 0.25) is 0 Å². The molecule has 0 heterocycles. The van der Waals surface area contributed by atoms with Crippen LogP contribution in [0.1, 0.15) is 24.2 Å². The third kappa shape index (κ3) is 2.73. The zero-order valence-corrected chi connectivity index (χ0v) is 9.54. The van der Waals surface area contributed by atoms with Crippen molar-refractivity contribution in [2.75, 3.05) is 0 Å². The van der Waals surface area contributed by atoms with E-state index in [4.69, 9.17) is 4.74 Å². The van der Waals surface area contributed by atoms with Crippen molar-refractivity contribution in [3.05, 3.63) is 28.2 Å². The number of carbonyl (C=O) groups is 1. The summed E-state index contributed by atoms with van der Waals surface area (Å²) in [6.45, 7) is 3.51. The first-order valence-electron chi connectivity index (χ1n) is 4.20. The van der Waals surface area contributed by atoms with Gasteiger partial charge in [0.25, 0.3) is 0 Å². The normalized spacial score (nSPS) is 10.3. The van der Waals surface area contributed by atoms with Crippen LogP contribution < -0.4 is 0 Å². The maximum Gasteiger partial charge on any atom is 0.342 e. The summed E-state index contributed by atoms with van der Waals surface area (Å²) in [6, 6.07) is 4.63. The molecule has 1 aromatic carbocycles. The second-order valence-electron chi connectivity index (χ2n) is 3.12. The number of aromatic hydroxyl groups is 1. The second kappa shape index (κ2) is 4.46. The number of phenols is 1. The summed E-state index contributed by atoms with van der Waals surface area (Å²) in [6.07, 6.45) is -0.194. The van der Waals surface area contributed by atoms with E-state index >= 15 is 0 Å². The Hall–Kier alpha value is -1.03. The summed E-state index contributed by atoms with van der Waals surface area (Å²) in [7, 11) is 0. The highest BCUT2D eigenvalue weighted by Gasteiger charge is 2.13. The lowest BCUT2D eigenvalue weighted by Gasteiger charge is -2.08. The Kier molecular flexibility index (Phi) is 3.52. The van der Waals surface area contributed by atoms with E-state index in [-0.39, 0.29) is 17.4 Å². The highest BCUT2D eigenvalue weighted by atomic mass is 79.9. The molecule has 0 saturated heterocycles. The number of phenolic OH excluding ortho intramolecular Hbond substituents is 1. The average molecular weight is 259 g/mol. The maximum atomic E-state index is 11.4. The summed E-state index contributed by atoms with van der Waals surface area (Å²) in [5.74, 6) is -0.586. The minimum absolute atomic E-state index is 0.0705. The SMILES string of the molecule is CC(C)OC(=O)c1cc(Br)ccc1O. The summed E-state index contributed by atoms with van der Waals surface area (Å²) in [5.41, 5.74) is 0.174. The van der Waals surface area contributed by atoms with Crippen LogP contribution >= 0.6 is 15.9 Å². The fraction of sp³-hybridized carbons (Fsp3) is 0.300. The average Bonchev–Trinajstić information content (AvgIpc) is 2.08. The third-order valence-corrected chi connectivity index (χ3v) is 2.01. The quantitative estimate of drug-likeness (QED) is 0.830. The number of halogens is 1. The highest BCUT2D eigenvalue weighted by Crippen LogP contribution is 2.22. The number of carbonyl (C=O) groups excluding carboxylic acids is 1. The van der Waals surface area contributed by atoms with Crippen LogP contribution in [0.15, 0.2) is 22.7 Å². The molecule has 0 bridgehead atoms. The largest absolute Gasteiger partial charge is 0.507 e. The van der Waals surface area contributed by atoms with Gasteiger partial charge in [-0.25, -0.2) is 4.79 Å². The predicted molar refractivity (Wildman–Crippen MR) is 56.4 cm³/mol. The maximum absolute atomic E-state index is 11.4. The van der Waals surface area contributed by atoms with Gasteiger partial charge >= 0.3 is 5.97 Å². The van der Waals surface area contributed by atoms with Crippen molar-refractivity contribution in [3.8, 4) is 5.75 Å². The van der Waals surface area contributed by atoms with Crippen LogP contribution in [0, 0.1) is 0 Å². The van der Waals surface area contributed by atoms with Crippen LogP contribution in [0.25, 0.3) is 0 Å². The van der Waals surface area contributed by atoms with E-state index in [1.165, 1.54) is 12.1 Å². The first-order valence-corrected chi connectivity index (χ1v) is 4.99. The highest BCUT2D eigenvalue weighted by molar-refractivity contribution is 9.10. The topological polar surface area (TPSA) is 46.5 Å². The number of hydrogen-bond donors (Lipinski definition) is 1. The molecule has 0 unspecified atom stereocenters. The van der Waals surface area contributed by atoms with Crippen LogP contribution in [0.4, 0.5) is 0 Å².